The minimum absolute atomic E-state index is 0.253. The first kappa shape index (κ1) is 43.4. The lowest BCUT2D eigenvalue weighted by molar-refractivity contribution is 0.661. The fourth-order valence-electron chi connectivity index (χ4n) is 12.1. The van der Waals surface area contributed by atoms with Gasteiger partial charge in [-0.1, -0.05) is 208 Å². The van der Waals surface area contributed by atoms with E-state index in [0.717, 1.165) is 67.3 Å². The van der Waals surface area contributed by atoms with E-state index in [1.165, 1.54) is 60.0 Å². The van der Waals surface area contributed by atoms with Crippen molar-refractivity contribution in [1.82, 2.24) is 0 Å². The number of anilines is 9. The second kappa shape index (κ2) is 17.4. The Morgan fingerprint density at radius 1 is 0.243 bits per heavy atom. The third-order valence-corrected chi connectivity index (χ3v) is 15.5. The number of benzene rings is 13. The van der Waals surface area contributed by atoms with Gasteiger partial charge in [-0.15, -0.1) is 0 Å². The molecule has 1 aliphatic carbocycles. The van der Waals surface area contributed by atoms with E-state index in [2.05, 4.69) is 302 Å². The van der Waals surface area contributed by atoms with Gasteiger partial charge in [0.1, 0.15) is 0 Å². The third kappa shape index (κ3) is 6.89. The highest BCUT2D eigenvalue weighted by molar-refractivity contribution is 6.26. The lowest BCUT2D eigenvalue weighted by Crippen LogP contribution is -2.17. The standard InChI is InChI=1S/C71H51N3/c1-71(2)64-39-19-18-38-58(64)60-46-62-63(47-65(60)71)69(73(52-31-8-4-9-32-52)67-41-21-27-49-24-13-16-36-56(49)67)59-44-43-54(72(51-29-6-3-7-30-51)66-40-20-26-48-23-12-15-35-55(48)66)45-61(59)70(62)74(53-33-10-5-11-34-53)68-42-22-28-50-25-14-17-37-57(50)68/h3-47H,1-2H3. The molecular weight excluding hydrogens is 895 g/mol. The van der Waals surface area contributed by atoms with Gasteiger partial charge in [0.15, 0.2) is 0 Å². The van der Waals surface area contributed by atoms with Gasteiger partial charge in [-0.25, -0.2) is 0 Å². The van der Waals surface area contributed by atoms with E-state index in [-0.39, 0.29) is 5.41 Å². The molecule has 0 N–H and O–H groups in total. The Kier molecular flexibility index (Phi) is 10.2. The molecule has 0 bridgehead atoms. The van der Waals surface area contributed by atoms with Crippen molar-refractivity contribution < 1.29 is 0 Å². The van der Waals surface area contributed by atoms with Crippen LogP contribution in [0.1, 0.15) is 25.0 Å². The van der Waals surface area contributed by atoms with Gasteiger partial charge < -0.3 is 14.7 Å². The molecule has 3 heteroatoms. The van der Waals surface area contributed by atoms with Crippen molar-refractivity contribution in [2.24, 2.45) is 0 Å². The Labute approximate surface area is 432 Å². The molecule has 0 amide bonds. The largest absolute Gasteiger partial charge is 0.310 e. The van der Waals surface area contributed by atoms with Crippen LogP contribution in [-0.4, -0.2) is 0 Å². The van der Waals surface area contributed by atoms with Crippen LogP contribution in [0.3, 0.4) is 0 Å². The van der Waals surface area contributed by atoms with Crippen LogP contribution in [0.4, 0.5) is 51.2 Å². The third-order valence-electron chi connectivity index (χ3n) is 15.5. The van der Waals surface area contributed by atoms with Gasteiger partial charge in [0, 0.05) is 65.9 Å². The predicted octanol–water partition coefficient (Wildman–Crippen LogP) is 20.2. The molecule has 13 aromatic carbocycles. The van der Waals surface area contributed by atoms with Crippen LogP contribution in [-0.2, 0) is 5.41 Å². The van der Waals surface area contributed by atoms with Crippen molar-refractivity contribution in [1.29, 1.82) is 0 Å². The first-order chi connectivity index (χ1) is 36.5. The maximum absolute atomic E-state index is 2.55. The first-order valence-corrected chi connectivity index (χ1v) is 25.7. The smallest absolute Gasteiger partial charge is 0.0621 e. The minimum Gasteiger partial charge on any atom is -0.310 e. The van der Waals surface area contributed by atoms with Crippen molar-refractivity contribution >= 4 is 105 Å². The SMILES string of the molecule is CC1(C)c2ccccc2-c2cc3c(N(c4ccccc4)c4cccc5ccccc45)c4cc(N(c5ccccc5)c5cccc6ccccc56)ccc4c(N(c4ccccc4)c4cccc5ccccc45)c3cc21. The van der Waals surface area contributed by atoms with Crippen LogP contribution in [0.15, 0.2) is 273 Å². The normalized spacial score (nSPS) is 12.6. The maximum atomic E-state index is 2.55. The van der Waals surface area contributed by atoms with Gasteiger partial charge in [-0.2, -0.15) is 0 Å². The summed E-state index contributed by atoms with van der Waals surface area (Å²) in [5, 5.41) is 11.7. The molecule has 1 aliphatic rings. The number of rotatable bonds is 9. The summed E-state index contributed by atoms with van der Waals surface area (Å²) in [6, 6.07) is 101. The molecule has 0 aliphatic heterocycles. The summed E-state index contributed by atoms with van der Waals surface area (Å²) >= 11 is 0. The van der Waals surface area contributed by atoms with Gasteiger partial charge in [-0.05, 0) is 117 Å². The summed E-state index contributed by atoms with van der Waals surface area (Å²) in [4.78, 5) is 7.54. The molecule has 0 saturated heterocycles. The molecule has 0 spiro atoms. The molecule has 0 saturated carbocycles. The molecule has 0 radical (unpaired) electrons. The van der Waals surface area contributed by atoms with Crippen LogP contribution in [0, 0.1) is 0 Å². The Morgan fingerprint density at radius 2 is 0.635 bits per heavy atom. The molecule has 74 heavy (non-hydrogen) atoms. The first-order valence-electron chi connectivity index (χ1n) is 25.7. The predicted molar refractivity (Wildman–Crippen MR) is 316 cm³/mol. The fourth-order valence-corrected chi connectivity index (χ4v) is 12.1. The molecule has 0 fully saturated rings. The average Bonchev–Trinajstić information content (AvgIpc) is 3.69. The molecule has 350 valence electrons. The van der Waals surface area contributed by atoms with Crippen LogP contribution in [0.2, 0.25) is 0 Å². The molecule has 0 heterocycles. The molecule has 14 rings (SSSR count). The Hall–Kier alpha value is -9.44. The van der Waals surface area contributed by atoms with Gasteiger partial charge in [0.05, 0.1) is 28.4 Å². The molecule has 13 aromatic rings. The number of hydrogen-bond donors (Lipinski definition) is 0. The van der Waals surface area contributed by atoms with E-state index in [9.17, 15) is 0 Å². The van der Waals surface area contributed by atoms with Crippen molar-refractivity contribution in [3.05, 3.63) is 284 Å². The van der Waals surface area contributed by atoms with Crippen molar-refractivity contribution in [2.75, 3.05) is 14.7 Å². The van der Waals surface area contributed by atoms with E-state index in [1.807, 2.05) is 0 Å². The quantitative estimate of drug-likeness (QED) is 0.105. The highest BCUT2D eigenvalue weighted by Crippen LogP contribution is 2.58. The molecule has 0 unspecified atom stereocenters. The van der Waals surface area contributed by atoms with Crippen LogP contribution >= 0.6 is 0 Å². The number of hydrogen-bond acceptors (Lipinski definition) is 3. The van der Waals surface area contributed by atoms with Crippen molar-refractivity contribution in [2.45, 2.75) is 19.3 Å². The summed E-state index contributed by atoms with van der Waals surface area (Å²) < 4.78 is 0. The lowest BCUT2D eigenvalue weighted by Gasteiger charge is -2.35. The summed E-state index contributed by atoms with van der Waals surface area (Å²) in [6.07, 6.45) is 0. The summed E-state index contributed by atoms with van der Waals surface area (Å²) in [7, 11) is 0. The van der Waals surface area contributed by atoms with Gasteiger partial charge in [0.25, 0.3) is 0 Å². The second-order valence-corrected chi connectivity index (χ2v) is 20.0. The summed E-state index contributed by atoms with van der Waals surface area (Å²) in [5.41, 5.74) is 14.9. The van der Waals surface area contributed by atoms with E-state index in [4.69, 9.17) is 0 Å². The zero-order valence-electron chi connectivity index (χ0n) is 41.3. The maximum Gasteiger partial charge on any atom is 0.0621 e. The topological polar surface area (TPSA) is 9.72 Å². The van der Waals surface area contributed by atoms with Crippen molar-refractivity contribution in [3.63, 3.8) is 0 Å². The lowest BCUT2D eigenvalue weighted by atomic mass is 9.81. The van der Waals surface area contributed by atoms with E-state index < -0.39 is 0 Å². The monoisotopic (exact) mass is 945 g/mol. The van der Waals surface area contributed by atoms with E-state index in [0.29, 0.717) is 0 Å². The van der Waals surface area contributed by atoms with Crippen LogP contribution < -0.4 is 14.7 Å². The zero-order chi connectivity index (χ0) is 49.3. The molecular formula is C71H51N3. The summed E-state index contributed by atoms with van der Waals surface area (Å²) in [6.45, 7) is 4.80. The molecule has 3 nitrogen and oxygen atoms in total. The van der Waals surface area contributed by atoms with Gasteiger partial charge >= 0.3 is 0 Å². The average molecular weight is 946 g/mol. The van der Waals surface area contributed by atoms with Gasteiger partial charge in [0.2, 0.25) is 0 Å². The highest BCUT2D eigenvalue weighted by Gasteiger charge is 2.37. The Bertz CT molecular complexity index is 4280. The number of para-hydroxylation sites is 3. The Balaban J connectivity index is 1.21. The van der Waals surface area contributed by atoms with Gasteiger partial charge in [-0.3, -0.25) is 0 Å². The van der Waals surface area contributed by atoms with E-state index in [1.54, 1.807) is 0 Å². The number of fused-ring (bicyclic) bond motifs is 8. The second-order valence-electron chi connectivity index (χ2n) is 20.0. The van der Waals surface area contributed by atoms with Crippen LogP contribution in [0.5, 0.6) is 0 Å². The molecule has 0 atom stereocenters. The zero-order valence-corrected chi connectivity index (χ0v) is 41.3. The van der Waals surface area contributed by atoms with Crippen LogP contribution in [0.25, 0.3) is 65.0 Å². The molecule has 0 aromatic heterocycles. The highest BCUT2D eigenvalue weighted by atomic mass is 15.2. The Morgan fingerprint density at radius 3 is 1.16 bits per heavy atom. The summed E-state index contributed by atoms with van der Waals surface area (Å²) in [5.74, 6) is 0. The minimum atomic E-state index is -0.253. The fraction of sp³-hybridized carbons (Fsp3) is 0.0423. The van der Waals surface area contributed by atoms with Crippen molar-refractivity contribution in [3.8, 4) is 11.1 Å². The van der Waals surface area contributed by atoms with E-state index >= 15 is 0 Å². The number of nitrogens with zero attached hydrogens (tertiary/aromatic N) is 3.